The summed E-state index contributed by atoms with van der Waals surface area (Å²) in [6.07, 6.45) is 4.29. The number of fused-ring (bicyclic) bond motifs is 2. The molecule has 0 unspecified atom stereocenters. The number of furan rings is 1. The molecule has 0 radical (unpaired) electrons. The zero-order valence-corrected chi connectivity index (χ0v) is 17.5. The van der Waals surface area contributed by atoms with Gasteiger partial charge in [0.25, 0.3) is 5.91 Å². The van der Waals surface area contributed by atoms with Crippen molar-refractivity contribution in [1.29, 1.82) is 0 Å². The first kappa shape index (κ1) is 19.7. The van der Waals surface area contributed by atoms with E-state index in [1.165, 1.54) is 5.39 Å². The smallest absolute Gasteiger partial charge is 0.270 e. The third kappa shape index (κ3) is 3.88. The first-order valence-electron chi connectivity index (χ1n) is 10.3. The van der Waals surface area contributed by atoms with Gasteiger partial charge in [-0.05, 0) is 48.4 Å². The third-order valence-electron chi connectivity index (χ3n) is 5.39. The summed E-state index contributed by atoms with van der Waals surface area (Å²) >= 11 is 0. The number of hydrogen-bond donors (Lipinski definition) is 3. The van der Waals surface area contributed by atoms with Crippen molar-refractivity contribution in [3.8, 4) is 5.75 Å². The molecule has 0 spiro atoms. The second-order valence-corrected chi connectivity index (χ2v) is 7.41. The topological polar surface area (TPSA) is 92.2 Å². The van der Waals surface area contributed by atoms with Crippen molar-refractivity contribution < 1.29 is 13.9 Å². The molecule has 0 aliphatic rings. The number of ether oxygens (including phenoxy) is 1. The molecule has 1 amide bonds. The van der Waals surface area contributed by atoms with Crippen LogP contribution < -0.4 is 15.4 Å². The molecule has 160 valence electrons. The van der Waals surface area contributed by atoms with Gasteiger partial charge in [0.15, 0.2) is 0 Å². The molecule has 32 heavy (non-hydrogen) atoms. The molecule has 0 saturated heterocycles. The van der Waals surface area contributed by atoms with E-state index in [2.05, 4.69) is 26.7 Å². The van der Waals surface area contributed by atoms with Crippen molar-refractivity contribution in [3.63, 3.8) is 0 Å². The minimum atomic E-state index is -0.249. The Bertz CT molecular complexity index is 1390. The van der Waals surface area contributed by atoms with Crippen molar-refractivity contribution in [2.75, 3.05) is 19.0 Å². The predicted octanol–water partition coefficient (Wildman–Crippen LogP) is 5.03. The number of carbonyl (C=O) groups is 1. The number of hydrogen-bond acceptors (Lipinski definition) is 5. The van der Waals surface area contributed by atoms with Gasteiger partial charge in [-0.15, -0.1) is 0 Å². The fraction of sp³-hybridized carbons (Fsp3) is 0.120. The Kier molecular flexibility index (Phi) is 5.21. The van der Waals surface area contributed by atoms with Crippen LogP contribution in [0.2, 0.25) is 0 Å². The first-order chi connectivity index (χ1) is 15.7. The molecule has 0 aliphatic heterocycles. The molecule has 0 bridgehead atoms. The van der Waals surface area contributed by atoms with Gasteiger partial charge in [-0.1, -0.05) is 18.2 Å². The predicted molar refractivity (Wildman–Crippen MR) is 125 cm³/mol. The van der Waals surface area contributed by atoms with Gasteiger partial charge >= 0.3 is 0 Å². The number of amides is 1. The van der Waals surface area contributed by atoms with Gasteiger partial charge in [0.05, 0.1) is 18.8 Å². The molecule has 3 N–H and O–H groups in total. The molecule has 5 rings (SSSR count). The molecule has 2 aromatic carbocycles. The first-order valence-corrected chi connectivity index (χ1v) is 10.3. The minimum absolute atomic E-state index is 0.249. The van der Waals surface area contributed by atoms with Crippen molar-refractivity contribution in [3.05, 3.63) is 84.4 Å². The number of nitrogens with zero attached hydrogens (tertiary/aromatic N) is 1. The summed E-state index contributed by atoms with van der Waals surface area (Å²) < 4.78 is 10.8. The van der Waals surface area contributed by atoms with E-state index < -0.39 is 0 Å². The average molecular weight is 426 g/mol. The highest BCUT2D eigenvalue weighted by Gasteiger charge is 2.14. The van der Waals surface area contributed by atoms with Crippen molar-refractivity contribution in [1.82, 2.24) is 15.3 Å². The lowest BCUT2D eigenvalue weighted by Crippen LogP contribution is -2.26. The number of rotatable bonds is 7. The number of aromatic nitrogens is 2. The van der Waals surface area contributed by atoms with Crippen LogP contribution in [-0.4, -0.2) is 29.5 Å². The van der Waals surface area contributed by atoms with E-state index in [4.69, 9.17) is 9.15 Å². The highest BCUT2D eigenvalue weighted by atomic mass is 16.5. The summed E-state index contributed by atoms with van der Waals surface area (Å²) in [5.74, 6) is 1.07. The number of aromatic amines is 1. The van der Waals surface area contributed by atoms with Crippen LogP contribution in [0.4, 0.5) is 11.5 Å². The molecular weight excluding hydrogens is 404 g/mol. The normalized spacial score (nSPS) is 11.0. The third-order valence-corrected chi connectivity index (χ3v) is 5.39. The second kappa shape index (κ2) is 8.47. The van der Waals surface area contributed by atoms with Gasteiger partial charge in [0.2, 0.25) is 0 Å². The number of carbonyl (C=O) groups excluding carboxylic acids is 1. The minimum Gasteiger partial charge on any atom is -0.497 e. The number of benzene rings is 2. The fourth-order valence-corrected chi connectivity index (χ4v) is 3.73. The largest absolute Gasteiger partial charge is 0.497 e. The van der Waals surface area contributed by atoms with Gasteiger partial charge in [0.1, 0.15) is 22.8 Å². The van der Waals surface area contributed by atoms with E-state index in [0.29, 0.717) is 23.6 Å². The molecular formula is C25H22N4O3. The van der Waals surface area contributed by atoms with Crippen LogP contribution in [0, 0.1) is 0 Å². The molecule has 7 nitrogen and oxygen atoms in total. The van der Waals surface area contributed by atoms with Crippen LogP contribution >= 0.6 is 0 Å². The fourth-order valence-electron chi connectivity index (χ4n) is 3.73. The summed E-state index contributed by atoms with van der Waals surface area (Å²) in [6.45, 7) is 0.500. The molecule has 0 saturated carbocycles. The maximum absolute atomic E-state index is 12.8. The molecule has 5 aromatic rings. The van der Waals surface area contributed by atoms with Crippen LogP contribution in [0.25, 0.3) is 21.9 Å². The Hall–Kier alpha value is -4.26. The monoisotopic (exact) mass is 426 g/mol. The quantitative estimate of drug-likeness (QED) is 0.339. The zero-order chi connectivity index (χ0) is 21.9. The summed E-state index contributed by atoms with van der Waals surface area (Å²) in [4.78, 5) is 20.6. The molecule has 0 fully saturated rings. The Labute approximate surface area is 184 Å². The van der Waals surface area contributed by atoms with E-state index in [1.54, 1.807) is 19.4 Å². The van der Waals surface area contributed by atoms with Crippen molar-refractivity contribution in [2.24, 2.45) is 0 Å². The van der Waals surface area contributed by atoms with Crippen LogP contribution in [0.5, 0.6) is 5.75 Å². The molecule has 0 aliphatic carbocycles. The van der Waals surface area contributed by atoms with Crippen LogP contribution in [0.15, 0.2) is 77.5 Å². The standard InChI is InChI=1S/C25H22N4O3/c1-31-18-8-6-17(7-9-18)28-24-20-11-13-32-23(20)14-22(29-24)25(30)26-12-10-16-15-27-21-5-3-2-4-19(16)21/h2-9,11,13-15,27H,10,12H2,1H3,(H,26,30)(H,28,29). The van der Waals surface area contributed by atoms with Crippen molar-refractivity contribution >= 4 is 39.3 Å². The van der Waals surface area contributed by atoms with Crippen molar-refractivity contribution in [2.45, 2.75) is 6.42 Å². The average Bonchev–Trinajstić information content (AvgIpc) is 3.47. The highest BCUT2D eigenvalue weighted by molar-refractivity contribution is 5.99. The van der Waals surface area contributed by atoms with Gasteiger partial charge in [0, 0.05) is 35.4 Å². The van der Waals surface area contributed by atoms with E-state index in [0.717, 1.165) is 34.3 Å². The molecule has 3 heterocycles. The summed E-state index contributed by atoms with van der Waals surface area (Å²) in [5.41, 5.74) is 3.98. The summed E-state index contributed by atoms with van der Waals surface area (Å²) in [6, 6.07) is 19.1. The Morgan fingerprint density at radius 3 is 2.78 bits per heavy atom. The van der Waals surface area contributed by atoms with E-state index in [-0.39, 0.29) is 5.91 Å². The Morgan fingerprint density at radius 1 is 1.09 bits per heavy atom. The number of nitrogens with one attached hydrogen (secondary N) is 3. The van der Waals surface area contributed by atoms with Crippen LogP contribution in [0.1, 0.15) is 16.1 Å². The molecule has 0 atom stereocenters. The Balaban J connectivity index is 1.32. The van der Waals surface area contributed by atoms with Gasteiger partial charge in [-0.3, -0.25) is 4.79 Å². The van der Waals surface area contributed by atoms with Gasteiger partial charge in [-0.25, -0.2) is 4.98 Å². The number of methoxy groups -OCH3 is 1. The SMILES string of the molecule is COc1ccc(Nc2nc(C(=O)NCCc3c[nH]c4ccccc34)cc3occc23)cc1. The Morgan fingerprint density at radius 2 is 1.94 bits per heavy atom. The molecule has 7 heteroatoms. The number of H-pyrrole nitrogens is 1. The van der Waals surface area contributed by atoms with E-state index >= 15 is 0 Å². The number of anilines is 2. The lowest BCUT2D eigenvalue weighted by molar-refractivity contribution is 0.0949. The second-order valence-electron chi connectivity index (χ2n) is 7.41. The van der Waals surface area contributed by atoms with Crippen LogP contribution in [0.3, 0.4) is 0 Å². The van der Waals surface area contributed by atoms with E-state index in [1.807, 2.05) is 54.7 Å². The highest BCUT2D eigenvalue weighted by Crippen LogP contribution is 2.27. The summed E-state index contributed by atoms with van der Waals surface area (Å²) in [7, 11) is 1.62. The molecule has 3 aromatic heterocycles. The lowest BCUT2D eigenvalue weighted by atomic mass is 10.1. The van der Waals surface area contributed by atoms with Gasteiger partial charge < -0.3 is 24.8 Å². The lowest BCUT2D eigenvalue weighted by Gasteiger charge is -2.10. The zero-order valence-electron chi connectivity index (χ0n) is 17.5. The maximum Gasteiger partial charge on any atom is 0.270 e. The van der Waals surface area contributed by atoms with E-state index in [9.17, 15) is 4.79 Å². The summed E-state index contributed by atoms with van der Waals surface area (Å²) in [5, 5.41) is 8.20. The van der Waals surface area contributed by atoms with Gasteiger partial charge in [-0.2, -0.15) is 0 Å². The maximum atomic E-state index is 12.8. The number of pyridine rings is 1. The van der Waals surface area contributed by atoms with Crippen LogP contribution in [-0.2, 0) is 6.42 Å². The number of para-hydroxylation sites is 1.